The Morgan fingerprint density at radius 2 is 1.54 bits per heavy atom. The number of ether oxygens (including phenoxy) is 3. The molecule has 3 N–H and O–H groups in total. The summed E-state index contributed by atoms with van der Waals surface area (Å²) in [7, 11) is 4.67. The van der Waals surface area contributed by atoms with E-state index in [9.17, 15) is 4.39 Å². The molecule has 0 heterocycles. The van der Waals surface area contributed by atoms with E-state index in [0.29, 0.717) is 37.0 Å². The molecule has 8 heteroatoms. The predicted molar refractivity (Wildman–Crippen MR) is 120 cm³/mol. The zero-order valence-corrected chi connectivity index (χ0v) is 18.7. The molecule has 0 unspecified atom stereocenters. The molecule has 0 radical (unpaired) electrons. The molecule has 2 rings (SSSR count). The molecule has 6 nitrogen and oxygen atoms in total. The summed E-state index contributed by atoms with van der Waals surface area (Å²) < 4.78 is 28.9. The third kappa shape index (κ3) is 7.06. The zero-order valence-electron chi connectivity index (χ0n) is 16.3. The highest BCUT2D eigenvalue weighted by molar-refractivity contribution is 14.0. The van der Waals surface area contributed by atoms with Crippen LogP contribution in [0.1, 0.15) is 11.1 Å². The first kappa shape index (κ1) is 23.8. The highest BCUT2D eigenvalue weighted by Crippen LogP contribution is 2.27. The molecule has 2 aromatic rings. The molecule has 0 aliphatic rings. The fourth-order valence-electron chi connectivity index (χ4n) is 2.59. The lowest BCUT2D eigenvalue weighted by Crippen LogP contribution is -2.33. The van der Waals surface area contributed by atoms with Gasteiger partial charge in [-0.25, -0.2) is 4.39 Å². The number of halogens is 2. The topological polar surface area (TPSA) is 78.1 Å². The largest absolute Gasteiger partial charge is 0.494 e. The Labute approximate surface area is 182 Å². The van der Waals surface area contributed by atoms with E-state index in [2.05, 4.69) is 10.3 Å². The van der Waals surface area contributed by atoms with Gasteiger partial charge in [0.15, 0.2) is 29.0 Å². The average Bonchev–Trinajstić information content (AvgIpc) is 2.69. The van der Waals surface area contributed by atoms with Crippen LogP contribution in [0, 0.1) is 5.82 Å². The van der Waals surface area contributed by atoms with Crippen LogP contribution in [-0.4, -0.2) is 40.4 Å². The van der Waals surface area contributed by atoms with Gasteiger partial charge in [0.2, 0.25) is 0 Å². The number of nitrogens with one attached hydrogen (secondary N) is 1. The van der Waals surface area contributed by atoms with Gasteiger partial charge in [0.25, 0.3) is 0 Å². The van der Waals surface area contributed by atoms with Gasteiger partial charge in [-0.1, -0.05) is 12.1 Å². The molecular weight excluding hydrogens is 476 g/mol. The van der Waals surface area contributed by atoms with Crippen LogP contribution in [0.5, 0.6) is 17.2 Å². The molecule has 0 atom stereocenters. The van der Waals surface area contributed by atoms with Gasteiger partial charge in [0.1, 0.15) is 0 Å². The number of aliphatic imine (C=N–C) groups is 1. The van der Waals surface area contributed by atoms with Crippen LogP contribution in [0.2, 0.25) is 0 Å². The van der Waals surface area contributed by atoms with Crippen LogP contribution in [0.3, 0.4) is 0 Å². The van der Waals surface area contributed by atoms with Crippen molar-refractivity contribution in [1.82, 2.24) is 5.32 Å². The number of guanidine groups is 1. The van der Waals surface area contributed by atoms with Crippen LogP contribution in [-0.2, 0) is 12.8 Å². The number of methoxy groups -OCH3 is 3. The van der Waals surface area contributed by atoms with Crippen molar-refractivity contribution in [3.8, 4) is 17.2 Å². The van der Waals surface area contributed by atoms with Gasteiger partial charge < -0.3 is 25.3 Å². The zero-order chi connectivity index (χ0) is 19.6. The maximum absolute atomic E-state index is 13.4. The Bertz CT molecular complexity index is 787. The molecule has 0 spiro atoms. The number of hydrogen-bond acceptors (Lipinski definition) is 4. The van der Waals surface area contributed by atoms with Crippen molar-refractivity contribution in [2.75, 3.05) is 34.4 Å². The summed E-state index contributed by atoms with van der Waals surface area (Å²) in [6.07, 6.45) is 1.42. The molecule has 0 aromatic heterocycles. The van der Waals surface area contributed by atoms with E-state index in [1.165, 1.54) is 13.2 Å². The SMILES string of the molecule is COc1cc(CCN=C(N)NCCc2ccc(OC)c(OC)c2)ccc1F.I. The van der Waals surface area contributed by atoms with Gasteiger partial charge in [-0.3, -0.25) is 4.99 Å². The fourth-order valence-corrected chi connectivity index (χ4v) is 2.59. The second kappa shape index (κ2) is 12.3. The minimum absolute atomic E-state index is 0. The molecule has 0 aliphatic heterocycles. The second-order valence-corrected chi connectivity index (χ2v) is 5.85. The fraction of sp³-hybridized carbons (Fsp3) is 0.350. The number of nitrogens with zero attached hydrogens (tertiary/aromatic N) is 1. The number of benzene rings is 2. The smallest absolute Gasteiger partial charge is 0.188 e. The van der Waals surface area contributed by atoms with Gasteiger partial charge >= 0.3 is 0 Å². The molecule has 0 saturated carbocycles. The molecule has 0 aliphatic carbocycles. The Balaban J connectivity index is 0.00000392. The summed E-state index contributed by atoms with van der Waals surface area (Å²) in [6, 6.07) is 10.6. The summed E-state index contributed by atoms with van der Waals surface area (Å²) in [4.78, 5) is 4.29. The quantitative estimate of drug-likeness (QED) is 0.313. The minimum atomic E-state index is -0.374. The first-order valence-corrected chi connectivity index (χ1v) is 8.64. The lowest BCUT2D eigenvalue weighted by molar-refractivity contribution is 0.354. The van der Waals surface area contributed by atoms with Crippen LogP contribution in [0.25, 0.3) is 0 Å². The number of rotatable bonds is 9. The van der Waals surface area contributed by atoms with Crippen LogP contribution in [0.15, 0.2) is 41.4 Å². The van der Waals surface area contributed by atoms with Crippen molar-refractivity contribution < 1.29 is 18.6 Å². The normalized spacial score (nSPS) is 10.8. The van der Waals surface area contributed by atoms with Gasteiger partial charge in [0.05, 0.1) is 21.3 Å². The highest BCUT2D eigenvalue weighted by Gasteiger charge is 2.05. The maximum atomic E-state index is 13.4. The van der Waals surface area contributed by atoms with Gasteiger partial charge in [-0.05, 0) is 48.2 Å². The second-order valence-electron chi connectivity index (χ2n) is 5.85. The molecule has 154 valence electrons. The molecule has 28 heavy (non-hydrogen) atoms. The molecule has 0 fully saturated rings. The van der Waals surface area contributed by atoms with Crippen molar-refractivity contribution in [3.63, 3.8) is 0 Å². The van der Waals surface area contributed by atoms with E-state index < -0.39 is 0 Å². The van der Waals surface area contributed by atoms with Crippen LogP contribution >= 0.6 is 24.0 Å². The first-order chi connectivity index (χ1) is 13.1. The minimum Gasteiger partial charge on any atom is -0.494 e. The Morgan fingerprint density at radius 3 is 2.21 bits per heavy atom. The van der Waals surface area contributed by atoms with Crippen molar-refractivity contribution in [3.05, 3.63) is 53.3 Å². The summed E-state index contributed by atoms with van der Waals surface area (Å²) >= 11 is 0. The van der Waals surface area contributed by atoms with Crippen molar-refractivity contribution in [2.45, 2.75) is 12.8 Å². The molecule has 0 saturated heterocycles. The van der Waals surface area contributed by atoms with E-state index in [4.69, 9.17) is 19.9 Å². The Kier molecular flexibility index (Phi) is 10.4. The summed E-state index contributed by atoms with van der Waals surface area (Å²) in [5, 5.41) is 3.09. The van der Waals surface area contributed by atoms with E-state index in [1.54, 1.807) is 26.4 Å². The molecule has 0 bridgehead atoms. The third-order valence-electron chi connectivity index (χ3n) is 4.07. The lowest BCUT2D eigenvalue weighted by atomic mass is 10.1. The maximum Gasteiger partial charge on any atom is 0.188 e. The molecular formula is C20H27FIN3O3. The van der Waals surface area contributed by atoms with E-state index in [1.807, 2.05) is 18.2 Å². The lowest BCUT2D eigenvalue weighted by Gasteiger charge is -2.10. The predicted octanol–water partition coefficient (Wildman–Crippen LogP) is 3.16. The van der Waals surface area contributed by atoms with Crippen molar-refractivity contribution in [2.24, 2.45) is 10.7 Å². The Hall–Kier alpha value is -2.23. The summed E-state index contributed by atoms with van der Waals surface area (Å²) in [5.41, 5.74) is 7.94. The molecule has 0 amide bonds. The van der Waals surface area contributed by atoms with E-state index in [0.717, 1.165) is 17.5 Å². The van der Waals surface area contributed by atoms with Crippen LogP contribution < -0.4 is 25.3 Å². The Morgan fingerprint density at radius 1 is 0.929 bits per heavy atom. The van der Waals surface area contributed by atoms with Gasteiger partial charge in [-0.15, -0.1) is 24.0 Å². The number of nitrogens with two attached hydrogens (primary N) is 1. The van der Waals surface area contributed by atoms with Crippen molar-refractivity contribution in [1.29, 1.82) is 0 Å². The van der Waals surface area contributed by atoms with Crippen LogP contribution in [0.4, 0.5) is 4.39 Å². The highest BCUT2D eigenvalue weighted by atomic mass is 127. The third-order valence-corrected chi connectivity index (χ3v) is 4.07. The van der Waals surface area contributed by atoms with Crippen molar-refractivity contribution >= 4 is 29.9 Å². The van der Waals surface area contributed by atoms with E-state index in [-0.39, 0.29) is 35.5 Å². The van der Waals surface area contributed by atoms with Gasteiger partial charge in [-0.2, -0.15) is 0 Å². The standard InChI is InChI=1S/C20H26FN3O3.HI/c1-25-17-7-5-15(13-19(17)27-3)9-11-24-20(22)23-10-8-14-4-6-16(21)18(12-14)26-2;/h4-7,12-13H,8-11H2,1-3H3,(H3,22,23,24);1H. The first-order valence-electron chi connectivity index (χ1n) is 8.64. The summed E-state index contributed by atoms with van der Waals surface area (Å²) in [6.45, 7) is 1.15. The monoisotopic (exact) mass is 503 g/mol. The number of hydrogen-bond donors (Lipinski definition) is 2. The molecule has 2 aromatic carbocycles. The average molecular weight is 503 g/mol. The van der Waals surface area contributed by atoms with Gasteiger partial charge in [0, 0.05) is 13.1 Å². The van der Waals surface area contributed by atoms with E-state index >= 15 is 0 Å². The summed E-state index contributed by atoms with van der Waals surface area (Å²) in [5.74, 6) is 1.64.